The Kier molecular flexibility index (Phi) is 3.71. The Morgan fingerprint density at radius 2 is 2.28 bits per heavy atom. The lowest BCUT2D eigenvalue weighted by Crippen LogP contribution is -2.31. The van der Waals surface area contributed by atoms with Gasteiger partial charge in [-0.3, -0.25) is 4.79 Å². The second-order valence-corrected chi connectivity index (χ2v) is 5.40. The number of benzene rings is 1. The van der Waals surface area contributed by atoms with E-state index in [0.717, 1.165) is 36.4 Å². The number of hydrogen-bond donors (Lipinski definition) is 1. The third-order valence-corrected chi connectivity index (χ3v) is 3.83. The zero-order valence-electron chi connectivity index (χ0n) is 11.4. The maximum absolute atomic E-state index is 12.4. The van der Waals surface area contributed by atoms with Crippen LogP contribution in [0.5, 0.6) is 5.75 Å². The summed E-state index contributed by atoms with van der Waals surface area (Å²) in [6.07, 6.45) is 1.39. The summed E-state index contributed by atoms with van der Waals surface area (Å²) in [7, 11) is 1.65. The molecular formula is C15H21NO2. The summed E-state index contributed by atoms with van der Waals surface area (Å²) in [6.45, 7) is 5.82. The van der Waals surface area contributed by atoms with Gasteiger partial charge >= 0.3 is 0 Å². The third-order valence-electron chi connectivity index (χ3n) is 3.83. The van der Waals surface area contributed by atoms with Crippen LogP contribution in [0.3, 0.4) is 0 Å². The van der Waals surface area contributed by atoms with Gasteiger partial charge in [0, 0.05) is 23.9 Å². The maximum atomic E-state index is 12.4. The molecule has 0 saturated carbocycles. The van der Waals surface area contributed by atoms with Crippen molar-refractivity contribution in [2.45, 2.75) is 26.7 Å². The monoisotopic (exact) mass is 247 g/mol. The van der Waals surface area contributed by atoms with Gasteiger partial charge in [0.2, 0.25) is 0 Å². The molecule has 0 aliphatic carbocycles. The van der Waals surface area contributed by atoms with Gasteiger partial charge < -0.3 is 10.1 Å². The molecule has 1 fully saturated rings. The zero-order valence-corrected chi connectivity index (χ0v) is 11.4. The van der Waals surface area contributed by atoms with E-state index in [2.05, 4.69) is 12.2 Å². The second-order valence-electron chi connectivity index (χ2n) is 5.40. The Labute approximate surface area is 109 Å². The molecule has 0 radical (unpaired) electrons. The first-order valence-corrected chi connectivity index (χ1v) is 6.43. The number of Topliss-reactive ketones (excluding diaryl/α,β-unsaturated/α-hetero) is 1. The third kappa shape index (κ3) is 2.56. The molecule has 1 heterocycles. The predicted molar refractivity (Wildman–Crippen MR) is 72.0 cm³/mol. The van der Waals surface area contributed by atoms with Crippen molar-refractivity contribution in [2.24, 2.45) is 5.41 Å². The number of methoxy groups -OCH3 is 1. The molecule has 0 bridgehead atoms. The van der Waals surface area contributed by atoms with Crippen LogP contribution in [-0.2, 0) is 11.2 Å². The molecule has 0 spiro atoms. The minimum Gasteiger partial charge on any atom is -0.496 e. The maximum Gasteiger partial charge on any atom is 0.144 e. The molecule has 1 N–H and O–H groups in total. The van der Waals surface area contributed by atoms with E-state index in [9.17, 15) is 4.79 Å². The van der Waals surface area contributed by atoms with E-state index in [0.29, 0.717) is 12.2 Å². The van der Waals surface area contributed by atoms with Gasteiger partial charge in [-0.05, 0) is 26.0 Å². The number of rotatable bonds is 4. The quantitative estimate of drug-likeness (QED) is 0.885. The molecule has 1 unspecified atom stereocenters. The van der Waals surface area contributed by atoms with Crippen molar-refractivity contribution >= 4 is 5.78 Å². The zero-order chi connectivity index (χ0) is 13.2. The van der Waals surface area contributed by atoms with E-state index in [1.165, 1.54) is 0 Å². The van der Waals surface area contributed by atoms with Crippen molar-refractivity contribution in [1.29, 1.82) is 0 Å². The SMILES string of the molecule is COc1ccc(C)cc1CC(=O)C1(C)CCNC1. The molecule has 0 aromatic heterocycles. The number of ether oxygens (including phenoxy) is 1. The smallest absolute Gasteiger partial charge is 0.144 e. The Hall–Kier alpha value is -1.35. The lowest BCUT2D eigenvalue weighted by Gasteiger charge is -2.21. The highest BCUT2D eigenvalue weighted by Gasteiger charge is 2.35. The fraction of sp³-hybridized carbons (Fsp3) is 0.533. The molecule has 1 aliphatic heterocycles. The standard InChI is InChI=1S/C15H21NO2/c1-11-4-5-13(18-3)12(8-11)9-14(17)15(2)6-7-16-10-15/h4-5,8,16H,6-7,9-10H2,1-3H3. The molecular weight excluding hydrogens is 226 g/mol. The van der Waals surface area contributed by atoms with Crippen molar-refractivity contribution in [3.63, 3.8) is 0 Å². The van der Waals surface area contributed by atoms with Gasteiger partial charge in [0.25, 0.3) is 0 Å². The minimum absolute atomic E-state index is 0.214. The summed E-state index contributed by atoms with van der Waals surface area (Å²) in [5.41, 5.74) is 1.94. The van der Waals surface area contributed by atoms with Gasteiger partial charge in [-0.1, -0.05) is 24.6 Å². The van der Waals surface area contributed by atoms with Crippen LogP contribution in [0.4, 0.5) is 0 Å². The van der Waals surface area contributed by atoms with E-state index in [1.54, 1.807) is 7.11 Å². The summed E-state index contributed by atoms with van der Waals surface area (Å²) < 4.78 is 5.33. The van der Waals surface area contributed by atoms with Crippen LogP contribution < -0.4 is 10.1 Å². The van der Waals surface area contributed by atoms with Gasteiger partial charge in [0.05, 0.1) is 7.11 Å². The molecule has 1 atom stereocenters. The highest BCUT2D eigenvalue weighted by atomic mass is 16.5. The molecule has 18 heavy (non-hydrogen) atoms. The first kappa shape index (κ1) is 13.1. The van der Waals surface area contributed by atoms with Gasteiger partial charge in [-0.15, -0.1) is 0 Å². The Morgan fingerprint density at radius 1 is 1.50 bits per heavy atom. The van der Waals surface area contributed by atoms with Crippen molar-refractivity contribution in [3.8, 4) is 5.75 Å². The van der Waals surface area contributed by atoms with Crippen LogP contribution in [0.2, 0.25) is 0 Å². The summed E-state index contributed by atoms with van der Waals surface area (Å²) in [4.78, 5) is 12.4. The lowest BCUT2D eigenvalue weighted by atomic mass is 9.82. The molecule has 1 aliphatic rings. The average Bonchev–Trinajstić information content (AvgIpc) is 2.78. The number of nitrogens with one attached hydrogen (secondary N) is 1. The molecule has 1 aromatic rings. The molecule has 1 saturated heterocycles. The van der Waals surface area contributed by atoms with Crippen LogP contribution in [0, 0.1) is 12.3 Å². The fourth-order valence-electron chi connectivity index (χ4n) is 2.49. The van der Waals surface area contributed by atoms with Crippen LogP contribution in [0.15, 0.2) is 18.2 Å². The van der Waals surface area contributed by atoms with E-state index in [1.807, 2.05) is 25.1 Å². The summed E-state index contributed by atoms with van der Waals surface area (Å²) >= 11 is 0. The van der Waals surface area contributed by atoms with Crippen molar-refractivity contribution in [3.05, 3.63) is 29.3 Å². The highest BCUT2D eigenvalue weighted by Crippen LogP contribution is 2.29. The van der Waals surface area contributed by atoms with Crippen LogP contribution in [0.1, 0.15) is 24.5 Å². The largest absolute Gasteiger partial charge is 0.496 e. The van der Waals surface area contributed by atoms with Gasteiger partial charge in [-0.2, -0.15) is 0 Å². The Morgan fingerprint density at radius 3 is 2.89 bits per heavy atom. The molecule has 2 rings (SSSR count). The van der Waals surface area contributed by atoms with E-state index >= 15 is 0 Å². The van der Waals surface area contributed by atoms with Crippen molar-refractivity contribution in [2.75, 3.05) is 20.2 Å². The number of carbonyl (C=O) groups is 1. The normalized spacial score (nSPS) is 23.1. The summed E-state index contributed by atoms with van der Waals surface area (Å²) in [5.74, 6) is 1.11. The number of ketones is 1. The van der Waals surface area contributed by atoms with Crippen LogP contribution in [-0.4, -0.2) is 26.0 Å². The Bertz CT molecular complexity index is 448. The molecule has 3 heteroatoms. The van der Waals surface area contributed by atoms with Crippen molar-refractivity contribution < 1.29 is 9.53 Å². The first-order chi connectivity index (χ1) is 8.55. The van der Waals surface area contributed by atoms with Gasteiger partial charge in [0.1, 0.15) is 11.5 Å². The van der Waals surface area contributed by atoms with Gasteiger partial charge in [-0.25, -0.2) is 0 Å². The molecule has 3 nitrogen and oxygen atoms in total. The molecule has 0 amide bonds. The van der Waals surface area contributed by atoms with E-state index in [-0.39, 0.29) is 5.41 Å². The first-order valence-electron chi connectivity index (χ1n) is 6.43. The molecule has 1 aromatic carbocycles. The van der Waals surface area contributed by atoms with Gasteiger partial charge in [0.15, 0.2) is 0 Å². The molecule has 98 valence electrons. The van der Waals surface area contributed by atoms with Crippen molar-refractivity contribution in [1.82, 2.24) is 5.32 Å². The number of carbonyl (C=O) groups excluding carboxylic acids is 1. The van der Waals surface area contributed by atoms with E-state index in [4.69, 9.17) is 4.74 Å². The topological polar surface area (TPSA) is 38.3 Å². The second kappa shape index (κ2) is 5.11. The number of aryl methyl sites for hydroxylation is 1. The fourth-order valence-corrected chi connectivity index (χ4v) is 2.49. The summed E-state index contributed by atoms with van der Waals surface area (Å²) in [5, 5.41) is 3.27. The summed E-state index contributed by atoms with van der Waals surface area (Å²) in [6, 6.07) is 5.99. The Balaban J connectivity index is 2.18. The lowest BCUT2D eigenvalue weighted by molar-refractivity contribution is -0.126. The average molecular weight is 247 g/mol. The predicted octanol–water partition coefficient (Wildman–Crippen LogP) is 2.11. The highest BCUT2D eigenvalue weighted by molar-refractivity contribution is 5.87. The van der Waals surface area contributed by atoms with Crippen LogP contribution in [0.25, 0.3) is 0 Å². The number of hydrogen-bond acceptors (Lipinski definition) is 3. The van der Waals surface area contributed by atoms with E-state index < -0.39 is 0 Å². The van der Waals surface area contributed by atoms with Crippen LogP contribution >= 0.6 is 0 Å². The minimum atomic E-state index is -0.214.